The second kappa shape index (κ2) is 22.0. The Hall–Kier alpha value is 2.67. The van der Waals surface area contributed by atoms with Crippen LogP contribution in [-0.2, 0) is 19.2 Å². The van der Waals surface area contributed by atoms with Gasteiger partial charge in [-0.05, 0) is 0 Å². The van der Waals surface area contributed by atoms with Crippen LogP contribution < -0.4 is 169 Å². The zero-order chi connectivity index (χ0) is 15.7. The number of carboxylic acid groups (broad SMARTS) is 4. The van der Waals surface area contributed by atoms with Crippen molar-refractivity contribution in [2.45, 2.75) is 0 Å². The van der Waals surface area contributed by atoms with Crippen LogP contribution in [0.2, 0.25) is 0 Å². The van der Waals surface area contributed by atoms with Gasteiger partial charge in [-0.25, -0.2) is 0 Å². The van der Waals surface area contributed by atoms with Gasteiger partial charge >= 0.3 is 160 Å². The molecule has 0 amide bonds. The van der Waals surface area contributed by atoms with Crippen LogP contribution >= 0.6 is 0 Å². The quantitative estimate of drug-likeness (QED) is 0.311. The SMILES string of the molecule is O.O=C([O-])CN(CCN(CC(=O)[O-])CC(=O)O)CC(=O)[O-].[K+].[K+].[K+]. The summed E-state index contributed by atoms with van der Waals surface area (Å²) in [4.78, 5) is 43.7. The maximum atomic E-state index is 10.5. The summed E-state index contributed by atoms with van der Waals surface area (Å²) >= 11 is 0. The molecular weight excluding hydrogens is 409 g/mol. The fourth-order valence-electron chi connectivity index (χ4n) is 1.45. The number of rotatable bonds is 11. The first-order chi connectivity index (χ1) is 9.20. The Labute approximate surface area is 266 Å². The van der Waals surface area contributed by atoms with Gasteiger partial charge in [0.05, 0.1) is 24.5 Å². The van der Waals surface area contributed by atoms with E-state index in [9.17, 15) is 34.5 Å². The molecule has 0 aliphatic carbocycles. The van der Waals surface area contributed by atoms with E-state index in [1.165, 1.54) is 0 Å². The third-order valence-corrected chi connectivity index (χ3v) is 2.15. The molecule has 11 nitrogen and oxygen atoms in total. The summed E-state index contributed by atoms with van der Waals surface area (Å²) in [6.45, 7) is -3.00. The average molecular weight is 425 g/mol. The van der Waals surface area contributed by atoms with Crippen LogP contribution in [0.25, 0.3) is 0 Å². The van der Waals surface area contributed by atoms with E-state index in [0.29, 0.717) is 0 Å². The zero-order valence-corrected chi connectivity index (χ0v) is 23.3. The van der Waals surface area contributed by atoms with E-state index in [4.69, 9.17) is 5.11 Å². The van der Waals surface area contributed by atoms with E-state index in [0.717, 1.165) is 9.80 Å². The second-order valence-electron chi connectivity index (χ2n) is 3.93. The molecule has 0 bridgehead atoms. The summed E-state index contributed by atoms with van der Waals surface area (Å²) in [7, 11) is 0. The molecule has 0 aromatic carbocycles. The van der Waals surface area contributed by atoms with Crippen LogP contribution in [0.15, 0.2) is 0 Å². The van der Waals surface area contributed by atoms with Gasteiger partial charge in [0.1, 0.15) is 0 Å². The minimum absolute atomic E-state index is 0. The molecule has 0 heterocycles. The normalized spacial score (nSPS) is 8.92. The molecule has 3 N–H and O–H groups in total. The van der Waals surface area contributed by atoms with Crippen molar-refractivity contribution in [2.24, 2.45) is 0 Å². The topological polar surface area (TPSA) is 196 Å². The molecule has 0 aromatic rings. The van der Waals surface area contributed by atoms with Gasteiger partial charge in [0, 0.05) is 32.7 Å². The molecule has 0 aliphatic rings. The first kappa shape index (κ1) is 37.4. The third-order valence-electron chi connectivity index (χ3n) is 2.15. The molecule has 0 fully saturated rings. The van der Waals surface area contributed by atoms with E-state index >= 15 is 0 Å². The van der Waals surface area contributed by atoms with E-state index in [2.05, 4.69) is 0 Å². The number of carbonyl (C=O) groups is 4. The first-order valence-electron chi connectivity index (χ1n) is 5.46. The van der Waals surface area contributed by atoms with E-state index in [1.807, 2.05) is 0 Å². The van der Waals surface area contributed by atoms with Crippen molar-refractivity contribution in [3.63, 3.8) is 0 Å². The maximum Gasteiger partial charge on any atom is 1.00 e. The summed E-state index contributed by atoms with van der Waals surface area (Å²) < 4.78 is 0. The fourth-order valence-corrected chi connectivity index (χ4v) is 1.45. The van der Waals surface area contributed by atoms with Crippen molar-refractivity contribution in [1.29, 1.82) is 0 Å². The minimum Gasteiger partial charge on any atom is -0.549 e. The fraction of sp³-hybridized carbons (Fsp3) is 0.600. The first-order valence-corrected chi connectivity index (χ1v) is 5.46. The van der Waals surface area contributed by atoms with Crippen LogP contribution in [0.3, 0.4) is 0 Å². The molecule has 0 atom stereocenters. The Kier molecular flexibility index (Phi) is 34.2. The van der Waals surface area contributed by atoms with Gasteiger partial charge in [0.15, 0.2) is 0 Å². The molecule has 0 saturated heterocycles. The molecule has 122 valence electrons. The molecule has 24 heavy (non-hydrogen) atoms. The Morgan fingerprint density at radius 2 is 0.917 bits per heavy atom. The number of aliphatic carboxylic acids is 4. The van der Waals surface area contributed by atoms with Gasteiger partial charge in [0.2, 0.25) is 0 Å². The summed E-state index contributed by atoms with van der Waals surface area (Å²) in [6.07, 6.45) is 0. The van der Waals surface area contributed by atoms with Crippen molar-refractivity contribution >= 4 is 23.9 Å². The number of carboxylic acids is 4. The number of hydrogen-bond acceptors (Lipinski definition) is 9. The van der Waals surface area contributed by atoms with Crippen molar-refractivity contribution in [2.75, 3.05) is 39.3 Å². The predicted molar refractivity (Wildman–Crippen MR) is 59.2 cm³/mol. The van der Waals surface area contributed by atoms with E-state index in [1.54, 1.807) is 0 Å². The van der Waals surface area contributed by atoms with Gasteiger partial charge in [-0.3, -0.25) is 14.6 Å². The molecule has 0 saturated carbocycles. The van der Waals surface area contributed by atoms with Crippen LogP contribution in [-0.4, -0.2) is 83.5 Å². The van der Waals surface area contributed by atoms with Crippen molar-refractivity contribution in [3.8, 4) is 0 Å². The molecule has 14 heteroatoms. The molecule has 0 spiro atoms. The number of nitrogens with zero attached hydrogens (tertiary/aromatic N) is 2. The monoisotopic (exact) mass is 424 g/mol. The van der Waals surface area contributed by atoms with Gasteiger partial charge in [-0.15, -0.1) is 0 Å². The van der Waals surface area contributed by atoms with Gasteiger partial charge in [-0.2, -0.15) is 0 Å². The van der Waals surface area contributed by atoms with E-state index < -0.39 is 50.1 Å². The maximum absolute atomic E-state index is 10.5. The Morgan fingerprint density at radius 3 is 1.12 bits per heavy atom. The molecule has 0 radical (unpaired) electrons. The summed E-state index contributed by atoms with van der Waals surface area (Å²) in [5.41, 5.74) is 0. The average Bonchev–Trinajstić information content (AvgIpc) is 2.22. The summed E-state index contributed by atoms with van der Waals surface area (Å²) in [5.74, 6) is -5.82. The van der Waals surface area contributed by atoms with Gasteiger partial charge in [0.25, 0.3) is 0 Å². The van der Waals surface area contributed by atoms with Crippen molar-refractivity contribution in [1.82, 2.24) is 9.80 Å². The van der Waals surface area contributed by atoms with Crippen LogP contribution in [0, 0.1) is 0 Å². The van der Waals surface area contributed by atoms with Crippen LogP contribution in [0.5, 0.6) is 0 Å². The van der Waals surface area contributed by atoms with Gasteiger partial charge < -0.3 is 40.3 Å². The Bertz CT molecular complexity index is 330. The van der Waals surface area contributed by atoms with E-state index in [-0.39, 0.29) is 173 Å². The summed E-state index contributed by atoms with van der Waals surface area (Å²) in [5, 5.41) is 39.8. The minimum atomic E-state index is -1.52. The smallest absolute Gasteiger partial charge is 0.549 e. The molecule has 0 unspecified atom stereocenters. The number of carbonyl (C=O) groups excluding carboxylic acids is 3. The Morgan fingerprint density at radius 1 is 0.667 bits per heavy atom. The van der Waals surface area contributed by atoms with Crippen LogP contribution in [0.4, 0.5) is 0 Å². The number of hydrogen-bond donors (Lipinski definition) is 1. The standard InChI is InChI=1S/C10H16N2O8.3K.H2O/c13-7(14)3-11(4-8(15)16)1-2-12(5-9(17)18)6-10(19)20;;;;/h1-6H2,(H,13,14)(H,15,16)(H,17,18)(H,19,20);;;;1H2/q;3*+1;/p-3. The summed E-state index contributed by atoms with van der Waals surface area (Å²) in [6, 6.07) is 0. The molecule has 0 rings (SSSR count). The zero-order valence-electron chi connectivity index (χ0n) is 13.9. The Balaban J connectivity index is -0.000000301. The largest absolute Gasteiger partial charge is 1.00 e. The predicted octanol–water partition coefficient (Wildman–Crippen LogP) is -15.9. The molecule has 0 aromatic heterocycles. The van der Waals surface area contributed by atoms with Crippen LogP contribution in [0.1, 0.15) is 0 Å². The molecule has 0 aliphatic heterocycles. The second-order valence-corrected chi connectivity index (χ2v) is 3.93. The van der Waals surface area contributed by atoms with Gasteiger partial charge in [-0.1, -0.05) is 0 Å². The van der Waals surface area contributed by atoms with Crippen molar-refractivity contribution < 1.29 is 199 Å². The van der Waals surface area contributed by atoms with Crippen molar-refractivity contribution in [3.05, 3.63) is 0 Å². The molecular formula is C10H15K3N2O9. The third kappa shape index (κ3) is 24.7.